The first-order valence-corrected chi connectivity index (χ1v) is 4.83. The molecule has 0 aliphatic heterocycles. The van der Waals surface area contributed by atoms with Gasteiger partial charge in [-0.05, 0) is 18.9 Å². The molecule has 0 atom stereocenters. The van der Waals surface area contributed by atoms with E-state index in [9.17, 15) is 4.79 Å². The van der Waals surface area contributed by atoms with Gasteiger partial charge in [0.2, 0.25) is 0 Å². The maximum Gasteiger partial charge on any atom is 0.134 e. The van der Waals surface area contributed by atoms with Crippen LogP contribution in [0.5, 0.6) is 5.75 Å². The molecule has 2 nitrogen and oxygen atoms in total. The smallest absolute Gasteiger partial charge is 0.134 e. The van der Waals surface area contributed by atoms with E-state index in [0.29, 0.717) is 6.42 Å². The van der Waals surface area contributed by atoms with Gasteiger partial charge in [-0.25, -0.2) is 0 Å². The molecule has 1 aromatic rings. The predicted octanol–water partition coefficient (Wildman–Crippen LogP) is 2.39. The average molecular weight is 192 g/mol. The van der Waals surface area contributed by atoms with Crippen LogP contribution >= 0.6 is 0 Å². The van der Waals surface area contributed by atoms with Gasteiger partial charge < -0.3 is 4.74 Å². The van der Waals surface area contributed by atoms with Crippen LogP contribution in [0.2, 0.25) is 0 Å². The second kappa shape index (κ2) is 4.80. The third-order valence-electron chi connectivity index (χ3n) is 2.20. The highest BCUT2D eigenvalue weighted by Gasteiger charge is 2.08. The summed E-state index contributed by atoms with van der Waals surface area (Å²) >= 11 is 0. The summed E-state index contributed by atoms with van der Waals surface area (Å²) in [5.74, 6) is 1.03. The Bertz CT molecular complexity index is 329. The van der Waals surface area contributed by atoms with Crippen LogP contribution in [0, 0.1) is 0 Å². The van der Waals surface area contributed by atoms with E-state index in [1.54, 1.807) is 14.0 Å². The van der Waals surface area contributed by atoms with Crippen molar-refractivity contribution in [2.45, 2.75) is 26.7 Å². The number of carbonyl (C=O) groups is 1. The van der Waals surface area contributed by atoms with Gasteiger partial charge in [0, 0.05) is 12.0 Å². The minimum atomic E-state index is 0.163. The zero-order valence-corrected chi connectivity index (χ0v) is 8.96. The van der Waals surface area contributed by atoms with Crippen LogP contribution in [0.25, 0.3) is 0 Å². The lowest BCUT2D eigenvalue weighted by atomic mass is 10.0. The average Bonchev–Trinajstić information content (AvgIpc) is 2.16. The molecule has 0 saturated heterocycles. The summed E-state index contributed by atoms with van der Waals surface area (Å²) in [6.45, 7) is 3.67. The van der Waals surface area contributed by atoms with E-state index in [1.165, 1.54) is 0 Å². The molecule has 0 radical (unpaired) electrons. The summed E-state index contributed by atoms with van der Waals surface area (Å²) in [5, 5.41) is 0. The largest absolute Gasteiger partial charge is 0.496 e. The Hall–Kier alpha value is -1.31. The van der Waals surface area contributed by atoms with Gasteiger partial charge in [-0.2, -0.15) is 0 Å². The third-order valence-corrected chi connectivity index (χ3v) is 2.20. The molecule has 0 N–H and O–H groups in total. The van der Waals surface area contributed by atoms with E-state index in [2.05, 4.69) is 6.92 Å². The van der Waals surface area contributed by atoms with Gasteiger partial charge in [0.25, 0.3) is 0 Å². The number of carbonyl (C=O) groups excluding carboxylic acids is 1. The second-order valence-corrected chi connectivity index (χ2v) is 3.34. The zero-order chi connectivity index (χ0) is 10.6. The van der Waals surface area contributed by atoms with Gasteiger partial charge in [0.05, 0.1) is 7.11 Å². The van der Waals surface area contributed by atoms with Crippen LogP contribution < -0.4 is 4.74 Å². The first kappa shape index (κ1) is 10.8. The third kappa shape index (κ3) is 2.34. The summed E-state index contributed by atoms with van der Waals surface area (Å²) in [7, 11) is 1.65. The number of ether oxygens (including phenoxy) is 1. The molecular formula is C12H16O2. The summed E-state index contributed by atoms with van der Waals surface area (Å²) in [6.07, 6.45) is 1.38. The van der Waals surface area contributed by atoms with Crippen LogP contribution in [0.15, 0.2) is 18.2 Å². The maximum absolute atomic E-state index is 11.0. The Morgan fingerprint density at radius 2 is 2.00 bits per heavy atom. The lowest BCUT2D eigenvalue weighted by Crippen LogP contribution is -2.01. The van der Waals surface area contributed by atoms with Gasteiger partial charge in [0.1, 0.15) is 11.5 Å². The van der Waals surface area contributed by atoms with Crippen LogP contribution in [0.1, 0.15) is 25.0 Å². The number of aryl methyl sites for hydroxylation is 1. The summed E-state index contributed by atoms with van der Waals surface area (Å²) in [6, 6.07) is 5.95. The molecule has 0 fully saturated rings. The van der Waals surface area contributed by atoms with Crippen molar-refractivity contribution < 1.29 is 9.53 Å². The number of rotatable bonds is 4. The molecular weight excluding hydrogens is 176 g/mol. The molecule has 0 amide bonds. The molecule has 2 heteroatoms. The second-order valence-electron chi connectivity index (χ2n) is 3.34. The van der Waals surface area contributed by atoms with E-state index in [-0.39, 0.29) is 5.78 Å². The molecule has 0 aliphatic rings. The number of benzene rings is 1. The molecule has 0 heterocycles. The Morgan fingerprint density at radius 3 is 2.50 bits per heavy atom. The highest BCUT2D eigenvalue weighted by molar-refractivity contribution is 5.79. The van der Waals surface area contributed by atoms with E-state index < -0.39 is 0 Å². The number of hydrogen-bond acceptors (Lipinski definition) is 2. The Balaban J connectivity index is 3.08. The van der Waals surface area contributed by atoms with Crippen molar-refractivity contribution in [1.29, 1.82) is 0 Å². The minimum absolute atomic E-state index is 0.163. The van der Waals surface area contributed by atoms with Crippen molar-refractivity contribution >= 4 is 5.78 Å². The summed E-state index contributed by atoms with van der Waals surface area (Å²) in [4.78, 5) is 11.0. The number of Topliss-reactive ketones (excluding diaryl/α,β-unsaturated/α-hetero) is 1. The van der Waals surface area contributed by atoms with Crippen molar-refractivity contribution in [1.82, 2.24) is 0 Å². The fourth-order valence-corrected chi connectivity index (χ4v) is 1.59. The van der Waals surface area contributed by atoms with E-state index in [1.807, 2.05) is 18.2 Å². The predicted molar refractivity (Wildman–Crippen MR) is 56.8 cm³/mol. The molecule has 76 valence electrons. The topological polar surface area (TPSA) is 26.3 Å². The lowest BCUT2D eigenvalue weighted by Gasteiger charge is -2.11. The quantitative estimate of drug-likeness (QED) is 0.732. The first-order chi connectivity index (χ1) is 6.69. The van der Waals surface area contributed by atoms with Crippen LogP contribution in [-0.2, 0) is 17.6 Å². The highest BCUT2D eigenvalue weighted by atomic mass is 16.5. The highest BCUT2D eigenvalue weighted by Crippen LogP contribution is 2.24. The van der Waals surface area contributed by atoms with Crippen molar-refractivity contribution in [2.75, 3.05) is 7.11 Å². The summed E-state index contributed by atoms with van der Waals surface area (Å²) < 4.78 is 5.32. The van der Waals surface area contributed by atoms with Gasteiger partial charge in [0.15, 0.2) is 0 Å². The Morgan fingerprint density at radius 1 is 1.36 bits per heavy atom. The van der Waals surface area contributed by atoms with Crippen molar-refractivity contribution in [2.24, 2.45) is 0 Å². The molecule has 14 heavy (non-hydrogen) atoms. The molecule has 0 aliphatic carbocycles. The molecule has 0 saturated carbocycles. The molecule has 0 unspecified atom stereocenters. The van der Waals surface area contributed by atoms with Crippen molar-refractivity contribution in [3.63, 3.8) is 0 Å². The van der Waals surface area contributed by atoms with Gasteiger partial charge in [-0.3, -0.25) is 4.79 Å². The Kier molecular flexibility index (Phi) is 3.69. The number of para-hydroxylation sites is 1. The normalized spacial score (nSPS) is 9.93. The van der Waals surface area contributed by atoms with Crippen LogP contribution in [0.4, 0.5) is 0 Å². The standard InChI is InChI=1S/C12H16O2/c1-4-10-6-5-7-11(8-9(2)13)12(10)14-3/h5-7H,4,8H2,1-3H3. The SMILES string of the molecule is CCc1cccc(CC(C)=O)c1OC. The molecule has 1 aromatic carbocycles. The summed E-state index contributed by atoms with van der Waals surface area (Å²) in [5.41, 5.74) is 2.14. The number of methoxy groups -OCH3 is 1. The van der Waals surface area contributed by atoms with Crippen molar-refractivity contribution in [3.05, 3.63) is 29.3 Å². The van der Waals surface area contributed by atoms with Crippen LogP contribution in [-0.4, -0.2) is 12.9 Å². The number of hydrogen-bond donors (Lipinski definition) is 0. The molecule has 0 bridgehead atoms. The fourth-order valence-electron chi connectivity index (χ4n) is 1.59. The van der Waals surface area contributed by atoms with E-state index in [0.717, 1.165) is 23.3 Å². The van der Waals surface area contributed by atoms with Gasteiger partial charge in [-0.1, -0.05) is 25.1 Å². The maximum atomic E-state index is 11.0. The first-order valence-electron chi connectivity index (χ1n) is 4.83. The van der Waals surface area contributed by atoms with Gasteiger partial charge in [-0.15, -0.1) is 0 Å². The van der Waals surface area contributed by atoms with Crippen molar-refractivity contribution in [3.8, 4) is 5.75 Å². The molecule has 0 aromatic heterocycles. The van der Waals surface area contributed by atoms with Crippen LogP contribution in [0.3, 0.4) is 0 Å². The number of ketones is 1. The lowest BCUT2D eigenvalue weighted by molar-refractivity contribution is -0.116. The molecule has 0 spiro atoms. The Labute approximate surface area is 84.9 Å². The molecule has 1 rings (SSSR count). The monoisotopic (exact) mass is 192 g/mol. The van der Waals surface area contributed by atoms with Gasteiger partial charge >= 0.3 is 0 Å². The zero-order valence-electron chi connectivity index (χ0n) is 8.96. The minimum Gasteiger partial charge on any atom is -0.496 e. The van der Waals surface area contributed by atoms with E-state index in [4.69, 9.17) is 4.74 Å². The fraction of sp³-hybridized carbons (Fsp3) is 0.417. The van der Waals surface area contributed by atoms with E-state index >= 15 is 0 Å².